The molecule has 3 aromatic rings. The van der Waals surface area contributed by atoms with Crippen LogP contribution in [0.4, 0.5) is 5.69 Å². The van der Waals surface area contributed by atoms with Crippen molar-refractivity contribution in [3.8, 4) is 11.8 Å². The summed E-state index contributed by atoms with van der Waals surface area (Å²) in [6.07, 6.45) is 0.105. The molecule has 1 heterocycles. The van der Waals surface area contributed by atoms with Crippen molar-refractivity contribution in [3.05, 3.63) is 70.0 Å². The van der Waals surface area contributed by atoms with Crippen molar-refractivity contribution in [2.45, 2.75) is 6.42 Å². The number of rotatable bonds is 8. The van der Waals surface area contributed by atoms with E-state index in [1.807, 2.05) is 6.07 Å². The van der Waals surface area contributed by atoms with Gasteiger partial charge in [-0.1, -0.05) is 17.7 Å². The quantitative estimate of drug-likeness (QED) is 0.390. The highest BCUT2D eigenvalue weighted by Gasteiger charge is 2.18. The Balaban J connectivity index is 1.56. The monoisotopic (exact) mass is 440 g/mol. The van der Waals surface area contributed by atoms with Crippen LogP contribution in [-0.2, 0) is 14.3 Å². The predicted molar refractivity (Wildman–Crippen MR) is 113 cm³/mol. The van der Waals surface area contributed by atoms with Crippen molar-refractivity contribution in [2.75, 3.05) is 24.7 Å². The first kappa shape index (κ1) is 21.9. The lowest BCUT2D eigenvalue weighted by Crippen LogP contribution is -2.36. The van der Waals surface area contributed by atoms with Gasteiger partial charge in [0.2, 0.25) is 0 Å². The van der Waals surface area contributed by atoms with Crippen LogP contribution in [0, 0.1) is 11.3 Å². The molecule has 0 unspecified atom stereocenters. The lowest BCUT2D eigenvalue weighted by Gasteiger charge is -2.21. The maximum atomic E-state index is 12.5. The number of hydrogen-bond acceptors (Lipinski definition) is 7. The summed E-state index contributed by atoms with van der Waals surface area (Å²) < 4.78 is 15.4. The number of carbonyl (C=O) groups is 2. The zero-order chi connectivity index (χ0) is 22.2. The number of fused-ring (bicyclic) bond motifs is 1. The highest BCUT2D eigenvalue weighted by molar-refractivity contribution is 6.30. The molecule has 0 aliphatic heterocycles. The molecule has 9 heteroatoms. The Labute approximate surface area is 182 Å². The molecule has 0 aliphatic carbocycles. The summed E-state index contributed by atoms with van der Waals surface area (Å²) in [4.78, 5) is 37.2. The standard InChI is InChI=1S/C22H17ClN2O6/c23-16-3-1-4-17(11-16)25(10-2-9-24)20(26)13-30-22(28)14-29-18-7-5-15-6-8-21(27)31-19(15)12-18/h1,3-8,11-12H,2,10,13-14H2. The molecule has 31 heavy (non-hydrogen) atoms. The summed E-state index contributed by atoms with van der Waals surface area (Å²) in [5.41, 5.74) is 0.323. The van der Waals surface area contributed by atoms with Gasteiger partial charge in [0.15, 0.2) is 13.2 Å². The van der Waals surface area contributed by atoms with E-state index >= 15 is 0 Å². The third-order valence-electron chi connectivity index (χ3n) is 4.18. The van der Waals surface area contributed by atoms with Gasteiger partial charge >= 0.3 is 11.6 Å². The number of benzene rings is 2. The molecule has 0 bridgehead atoms. The van der Waals surface area contributed by atoms with Gasteiger partial charge in [0.05, 0.1) is 12.5 Å². The fourth-order valence-electron chi connectivity index (χ4n) is 2.74. The molecule has 158 valence electrons. The van der Waals surface area contributed by atoms with Crippen molar-refractivity contribution in [1.82, 2.24) is 0 Å². The van der Waals surface area contributed by atoms with Crippen LogP contribution < -0.4 is 15.3 Å². The molecule has 3 rings (SSSR count). The summed E-state index contributed by atoms with van der Waals surface area (Å²) in [7, 11) is 0. The van der Waals surface area contributed by atoms with Gasteiger partial charge in [0.1, 0.15) is 11.3 Å². The van der Waals surface area contributed by atoms with Crippen LogP contribution in [0.5, 0.6) is 5.75 Å². The minimum atomic E-state index is -0.755. The van der Waals surface area contributed by atoms with Gasteiger partial charge in [-0.25, -0.2) is 9.59 Å². The molecule has 0 saturated carbocycles. The van der Waals surface area contributed by atoms with Crippen molar-refractivity contribution < 1.29 is 23.5 Å². The van der Waals surface area contributed by atoms with Crippen LogP contribution >= 0.6 is 11.6 Å². The van der Waals surface area contributed by atoms with Crippen molar-refractivity contribution in [2.24, 2.45) is 0 Å². The van der Waals surface area contributed by atoms with Gasteiger partial charge in [-0.05, 0) is 36.4 Å². The maximum absolute atomic E-state index is 12.5. The molecular formula is C22H17ClN2O6. The van der Waals surface area contributed by atoms with Crippen LogP contribution in [0.1, 0.15) is 6.42 Å². The first-order chi connectivity index (χ1) is 15.0. The molecule has 0 atom stereocenters. The fraction of sp³-hybridized carbons (Fsp3) is 0.182. The zero-order valence-corrected chi connectivity index (χ0v) is 17.0. The third-order valence-corrected chi connectivity index (χ3v) is 4.41. The van der Waals surface area contributed by atoms with Crippen molar-refractivity contribution in [1.29, 1.82) is 5.26 Å². The molecule has 1 aromatic heterocycles. The number of carbonyl (C=O) groups excluding carboxylic acids is 2. The minimum Gasteiger partial charge on any atom is -0.482 e. The van der Waals surface area contributed by atoms with Crippen LogP contribution in [0.15, 0.2) is 63.8 Å². The number of esters is 1. The van der Waals surface area contributed by atoms with Gasteiger partial charge in [-0.3, -0.25) is 4.79 Å². The van der Waals surface area contributed by atoms with E-state index in [1.165, 1.54) is 17.0 Å². The minimum absolute atomic E-state index is 0.105. The van der Waals surface area contributed by atoms with E-state index in [0.717, 1.165) is 0 Å². The summed E-state index contributed by atoms with van der Waals surface area (Å²) in [5, 5.41) is 9.98. The second-order valence-corrected chi connectivity index (χ2v) is 6.77. The Morgan fingerprint density at radius 2 is 1.90 bits per heavy atom. The highest BCUT2D eigenvalue weighted by Crippen LogP contribution is 2.21. The zero-order valence-electron chi connectivity index (χ0n) is 16.2. The lowest BCUT2D eigenvalue weighted by molar-refractivity contribution is -0.149. The number of nitriles is 1. The summed E-state index contributed by atoms with van der Waals surface area (Å²) in [6, 6.07) is 16.3. The van der Waals surface area contributed by atoms with E-state index in [1.54, 1.807) is 42.5 Å². The summed E-state index contributed by atoms with van der Waals surface area (Å²) in [5.74, 6) is -0.952. The first-order valence-electron chi connectivity index (χ1n) is 9.21. The Morgan fingerprint density at radius 1 is 1.10 bits per heavy atom. The van der Waals surface area contributed by atoms with Gasteiger partial charge in [0, 0.05) is 34.8 Å². The Hall–Kier alpha value is -3.83. The molecule has 8 nitrogen and oxygen atoms in total. The van der Waals surface area contributed by atoms with E-state index < -0.39 is 30.7 Å². The molecule has 2 aromatic carbocycles. The molecule has 0 spiro atoms. The number of nitrogens with zero attached hydrogens (tertiary/aromatic N) is 2. The van der Waals surface area contributed by atoms with Gasteiger partial charge in [-0.15, -0.1) is 0 Å². The van der Waals surface area contributed by atoms with Gasteiger partial charge in [0.25, 0.3) is 5.91 Å². The number of ether oxygens (including phenoxy) is 2. The largest absolute Gasteiger partial charge is 0.482 e. The van der Waals surface area contributed by atoms with Crippen LogP contribution in [0.2, 0.25) is 5.02 Å². The average Bonchev–Trinajstić information content (AvgIpc) is 2.76. The molecule has 1 amide bonds. The third kappa shape index (κ3) is 6.07. The Kier molecular flexibility index (Phi) is 7.25. The Morgan fingerprint density at radius 3 is 2.68 bits per heavy atom. The van der Waals surface area contributed by atoms with Gasteiger partial charge in [-0.2, -0.15) is 5.26 Å². The van der Waals surface area contributed by atoms with Crippen LogP contribution in [0.3, 0.4) is 0 Å². The van der Waals surface area contributed by atoms with Crippen molar-refractivity contribution >= 4 is 40.1 Å². The summed E-state index contributed by atoms with van der Waals surface area (Å²) >= 11 is 5.97. The van der Waals surface area contributed by atoms with Crippen LogP contribution in [-0.4, -0.2) is 31.6 Å². The second kappa shape index (κ2) is 10.3. The number of halogens is 1. The van der Waals surface area contributed by atoms with E-state index in [0.29, 0.717) is 27.4 Å². The van der Waals surface area contributed by atoms with E-state index in [9.17, 15) is 14.4 Å². The second-order valence-electron chi connectivity index (χ2n) is 6.34. The van der Waals surface area contributed by atoms with Crippen LogP contribution in [0.25, 0.3) is 11.0 Å². The Bertz CT molecular complexity index is 1200. The number of anilines is 1. The topological polar surface area (TPSA) is 110 Å². The molecule has 0 aliphatic rings. The fourth-order valence-corrected chi connectivity index (χ4v) is 2.92. The average molecular weight is 441 g/mol. The number of amides is 1. The predicted octanol–water partition coefficient (Wildman–Crippen LogP) is 3.32. The first-order valence-corrected chi connectivity index (χ1v) is 9.59. The van der Waals surface area contributed by atoms with E-state index in [4.69, 9.17) is 30.8 Å². The SMILES string of the molecule is N#CCCN(C(=O)COC(=O)COc1ccc2ccc(=O)oc2c1)c1cccc(Cl)c1. The molecule has 0 fully saturated rings. The molecule has 0 saturated heterocycles. The highest BCUT2D eigenvalue weighted by atomic mass is 35.5. The normalized spacial score (nSPS) is 10.3. The molecule has 0 radical (unpaired) electrons. The smallest absolute Gasteiger partial charge is 0.344 e. The molecule has 0 N–H and O–H groups in total. The van der Waals surface area contributed by atoms with E-state index in [2.05, 4.69) is 0 Å². The van der Waals surface area contributed by atoms with Crippen molar-refractivity contribution in [3.63, 3.8) is 0 Å². The van der Waals surface area contributed by atoms with E-state index in [-0.39, 0.29) is 13.0 Å². The maximum Gasteiger partial charge on any atom is 0.344 e. The van der Waals surface area contributed by atoms with Gasteiger partial charge < -0.3 is 18.8 Å². The summed E-state index contributed by atoms with van der Waals surface area (Å²) in [6.45, 7) is -0.829. The molecular weight excluding hydrogens is 424 g/mol. The number of hydrogen-bond donors (Lipinski definition) is 0. The lowest BCUT2D eigenvalue weighted by atomic mass is 10.2.